The van der Waals surface area contributed by atoms with Crippen molar-refractivity contribution in [2.45, 2.75) is 19.4 Å². The molecule has 0 bridgehead atoms. The van der Waals surface area contributed by atoms with Crippen LogP contribution in [0.15, 0.2) is 36.4 Å². The fourth-order valence-electron chi connectivity index (χ4n) is 2.12. The van der Waals surface area contributed by atoms with E-state index in [1.54, 1.807) is 18.2 Å². The lowest BCUT2D eigenvalue weighted by Gasteiger charge is -2.16. The Kier molecular flexibility index (Phi) is 5.45. The number of ether oxygens (including phenoxy) is 1. The maximum absolute atomic E-state index is 13.2. The van der Waals surface area contributed by atoms with Gasteiger partial charge < -0.3 is 10.5 Å². The largest absolute Gasteiger partial charge is 0.492 e. The summed E-state index contributed by atoms with van der Waals surface area (Å²) in [5.41, 5.74) is 7.69. The SMILES string of the molecule is CCOc1cc(Cl)c(C(N)Cc2cccc(F)c2)cc1Cl. The first-order chi connectivity index (χ1) is 10.0. The summed E-state index contributed by atoms with van der Waals surface area (Å²) in [7, 11) is 0. The Balaban J connectivity index is 2.23. The summed E-state index contributed by atoms with van der Waals surface area (Å²) in [6, 6.07) is 9.34. The smallest absolute Gasteiger partial charge is 0.139 e. The lowest BCUT2D eigenvalue weighted by molar-refractivity contribution is 0.340. The van der Waals surface area contributed by atoms with Crippen molar-refractivity contribution in [3.63, 3.8) is 0 Å². The molecule has 2 aromatic carbocycles. The minimum Gasteiger partial charge on any atom is -0.492 e. The van der Waals surface area contributed by atoms with Crippen LogP contribution in [0.1, 0.15) is 24.1 Å². The molecule has 2 nitrogen and oxygen atoms in total. The molecule has 2 rings (SSSR count). The van der Waals surface area contributed by atoms with Gasteiger partial charge in [-0.25, -0.2) is 4.39 Å². The Morgan fingerprint density at radius 2 is 1.95 bits per heavy atom. The summed E-state index contributed by atoms with van der Waals surface area (Å²) >= 11 is 12.4. The van der Waals surface area contributed by atoms with Crippen LogP contribution in [0.4, 0.5) is 4.39 Å². The van der Waals surface area contributed by atoms with Crippen molar-refractivity contribution in [1.29, 1.82) is 0 Å². The van der Waals surface area contributed by atoms with Crippen molar-refractivity contribution in [1.82, 2.24) is 0 Å². The van der Waals surface area contributed by atoms with E-state index < -0.39 is 0 Å². The van der Waals surface area contributed by atoms with E-state index in [1.807, 2.05) is 13.0 Å². The van der Waals surface area contributed by atoms with Gasteiger partial charge in [0, 0.05) is 17.1 Å². The van der Waals surface area contributed by atoms with E-state index in [0.29, 0.717) is 28.8 Å². The summed E-state index contributed by atoms with van der Waals surface area (Å²) in [6.45, 7) is 2.37. The topological polar surface area (TPSA) is 35.2 Å². The van der Waals surface area contributed by atoms with Crippen molar-refractivity contribution >= 4 is 23.2 Å². The quantitative estimate of drug-likeness (QED) is 0.858. The molecule has 2 N–H and O–H groups in total. The second-order valence-electron chi connectivity index (χ2n) is 4.68. The molecule has 0 saturated carbocycles. The summed E-state index contributed by atoms with van der Waals surface area (Å²) in [4.78, 5) is 0. The molecule has 1 unspecified atom stereocenters. The summed E-state index contributed by atoms with van der Waals surface area (Å²) in [5, 5.41) is 0.956. The fourth-order valence-corrected chi connectivity index (χ4v) is 2.64. The lowest BCUT2D eigenvalue weighted by Crippen LogP contribution is -2.14. The third-order valence-electron chi connectivity index (χ3n) is 3.10. The molecule has 0 aromatic heterocycles. The Morgan fingerprint density at radius 1 is 1.19 bits per heavy atom. The van der Waals surface area contributed by atoms with E-state index in [1.165, 1.54) is 12.1 Å². The normalized spacial score (nSPS) is 12.2. The highest BCUT2D eigenvalue weighted by molar-refractivity contribution is 6.34. The zero-order valence-electron chi connectivity index (χ0n) is 11.6. The number of rotatable bonds is 5. The minimum absolute atomic E-state index is 0.282. The van der Waals surface area contributed by atoms with E-state index in [-0.39, 0.29) is 11.9 Å². The zero-order valence-corrected chi connectivity index (χ0v) is 13.1. The Hall–Kier alpha value is -1.29. The highest BCUT2D eigenvalue weighted by Gasteiger charge is 2.15. The average molecular weight is 328 g/mol. The number of hydrogen-bond acceptors (Lipinski definition) is 2. The molecular formula is C16H16Cl2FNO. The van der Waals surface area contributed by atoms with Crippen molar-refractivity contribution in [2.24, 2.45) is 5.73 Å². The molecule has 0 saturated heterocycles. The van der Waals surface area contributed by atoms with E-state index in [4.69, 9.17) is 33.7 Å². The maximum Gasteiger partial charge on any atom is 0.139 e. The molecule has 0 heterocycles. The molecule has 5 heteroatoms. The molecule has 0 fully saturated rings. The third kappa shape index (κ3) is 4.10. The highest BCUT2D eigenvalue weighted by atomic mass is 35.5. The monoisotopic (exact) mass is 327 g/mol. The summed E-state index contributed by atoms with van der Waals surface area (Å²) in [5.74, 6) is 0.251. The predicted molar refractivity (Wildman–Crippen MR) is 84.7 cm³/mol. The molecule has 0 amide bonds. The molecule has 1 atom stereocenters. The number of hydrogen-bond donors (Lipinski definition) is 1. The Morgan fingerprint density at radius 3 is 2.62 bits per heavy atom. The molecule has 0 radical (unpaired) electrons. The molecule has 0 aliphatic heterocycles. The molecule has 112 valence electrons. The first-order valence-corrected chi connectivity index (χ1v) is 7.38. The van der Waals surface area contributed by atoms with E-state index in [0.717, 1.165) is 11.1 Å². The van der Waals surface area contributed by atoms with Crippen LogP contribution in [-0.2, 0) is 6.42 Å². The molecule has 21 heavy (non-hydrogen) atoms. The van der Waals surface area contributed by atoms with Gasteiger partial charge in [-0.3, -0.25) is 0 Å². The Labute approximate surface area is 133 Å². The van der Waals surface area contributed by atoms with Crippen LogP contribution in [0.2, 0.25) is 10.0 Å². The molecule has 0 spiro atoms. The van der Waals surface area contributed by atoms with Gasteiger partial charge in [0.25, 0.3) is 0 Å². The van der Waals surface area contributed by atoms with Crippen molar-refractivity contribution in [2.75, 3.05) is 6.61 Å². The van der Waals surface area contributed by atoms with Crippen LogP contribution in [0.3, 0.4) is 0 Å². The van der Waals surface area contributed by atoms with Crippen LogP contribution >= 0.6 is 23.2 Å². The van der Waals surface area contributed by atoms with Crippen molar-refractivity contribution in [3.05, 3.63) is 63.4 Å². The number of halogens is 3. The summed E-state index contributed by atoms with van der Waals surface area (Å²) in [6.07, 6.45) is 0.474. The van der Waals surface area contributed by atoms with Gasteiger partial charge in [0.1, 0.15) is 11.6 Å². The minimum atomic E-state index is -0.368. The average Bonchev–Trinajstić information content (AvgIpc) is 2.42. The lowest BCUT2D eigenvalue weighted by atomic mass is 9.99. The van der Waals surface area contributed by atoms with Crippen LogP contribution in [0.5, 0.6) is 5.75 Å². The van der Waals surface area contributed by atoms with Gasteiger partial charge in [-0.15, -0.1) is 0 Å². The Bertz CT molecular complexity index is 634. The van der Waals surface area contributed by atoms with Crippen LogP contribution in [0.25, 0.3) is 0 Å². The van der Waals surface area contributed by atoms with Gasteiger partial charge in [0.05, 0.1) is 11.6 Å². The fraction of sp³-hybridized carbons (Fsp3) is 0.250. The first kappa shape index (κ1) is 16.1. The van der Waals surface area contributed by atoms with Crippen molar-refractivity contribution in [3.8, 4) is 5.75 Å². The van der Waals surface area contributed by atoms with Crippen LogP contribution in [-0.4, -0.2) is 6.61 Å². The molecule has 0 aliphatic rings. The van der Waals surface area contributed by atoms with Gasteiger partial charge >= 0.3 is 0 Å². The standard InChI is InChI=1S/C16H16Cl2FNO/c1-2-21-16-9-13(17)12(8-14(16)18)15(20)7-10-4-3-5-11(19)6-10/h3-6,8-9,15H,2,7,20H2,1H3. The number of benzene rings is 2. The molecular weight excluding hydrogens is 312 g/mol. The molecule has 2 aromatic rings. The van der Waals surface area contributed by atoms with Gasteiger partial charge in [-0.05, 0) is 42.7 Å². The predicted octanol–water partition coefficient (Wildman–Crippen LogP) is 4.77. The highest BCUT2D eigenvalue weighted by Crippen LogP contribution is 2.34. The third-order valence-corrected chi connectivity index (χ3v) is 3.72. The van der Waals surface area contributed by atoms with Crippen molar-refractivity contribution < 1.29 is 9.13 Å². The second-order valence-corrected chi connectivity index (χ2v) is 5.49. The van der Waals surface area contributed by atoms with E-state index in [9.17, 15) is 4.39 Å². The zero-order chi connectivity index (χ0) is 15.4. The maximum atomic E-state index is 13.2. The van der Waals surface area contributed by atoms with Gasteiger partial charge in [-0.2, -0.15) is 0 Å². The van der Waals surface area contributed by atoms with Gasteiger partial charge in [0.2, 0.25) is 0 Å². The van der Waals surface area contributed by atoms with Gasteiger partial charge in [0.15, 0.2) is 0 Å². The number of nitrogens with two attached hydrogens (primary N) is 1. The van der Waals surface area contributed by atoms with E-state index >= 15 is 0 Å². The van der Waals surface area contributed by atoms with E-state index in [2.05, 4.69) is 0 Å². The van der Waals surface area contributed by atoms with Gasteiger partial charge in [-0.1, -0.05) is 35.3 Å². The van der Waals surface area contributed by atoms with Crippen LogP contribution < -0.4 is 10.5 Å². The first-order valence-electron chi connectivity index (χ1n) is 6.63. The molecule has 0 aliphatic carbocycles. The second kappa shape index (κ2) is 7.12. The summed E-state index contributed by atoms with van der Waals surface area (Å²) < 4.78 is 18.6. The van der Waals surface area contributed by atoms with Crippen LogP contribution in [0, 0.1) is 5.82 Å².